The third kappa shape index (κ3) is 3.44. The van der Waals surface area contributed by atoms with Crippen LogP contribution >= 0.6 is 15.9 Å². The summed E-state index contributed by atoms with van der Waals surface area (Å²) in [6.45, 7) is 5.85. The number of benzene rings is 1. The Morgan fingerprint density at radius 1 is 1.35 bits per heavy atom. The molecule has 136 valence electrons. The van der Waals surface area contributed by atoms with E-state index in [1.54, 1.807) is 11.8 Å². The van der Waals surface area contributed by atoms with Crippen LogP contribution in [-0.4, -0.2) is 32.6 Å². The van der Waals surface area contributed by atoms with E-state index in [9.17, 15) is 4.79 Å². The van der Waals surface area contributed by atoms with Gasteiger partial charge in [0.05, 0.1) is 17.6 Å². The van der Waals surface area contributed by atoms with E-state index < -0.39 is 0 Å². The predicted molar refractivity (Wildman–Crippen MR) is 107 cm³/mol. The molecule has 3 aromatic rings. The van der Waals surface area contributed by atoms with Crippen molar-refractivity contribution in [3.8, 4) is 11.6 Å². The minimum atomic E-state index is -0.252. The number of fused-ring (bicyclic) bond motifs is 1. The van der Waals surface area contributed by atoms with Gasteiger partial charge < -0.3 is 10.1 Å². The zero-order chi connectivity index (χ0) is 18.8. The zero-order valence-corrected chi connectivity index (χ0v) is 16.8. The van der Waals surface area contributed by atoms with Gasteiger partial charge >= 0.3 is 0 Å². The number of halogens is 1. The monoisotopic (exact) mass is 416 g/mol. The van der Waals surface area contributed by atoms with Crippen molar-refractivity contribution in [1.29, 1.82) is 0 Å². The van der Waals surface area contributed by atoms with E-state index in [1.807, 2.05) is 51.1 Å². The van der Waals surface area contributed by atoms with Crippen molar-refractivity contribution >= 4 is 38.6 Å². The van der Waals surface area contributed by atoms with Crippen molar-refractivity contribution in [3.63, 3.8) is 0 Å². The number of hydrogen-bond acceptors (Lipinski definition) is 4. The number of alkyl halides is 1. The zero-order valence-electron chi connectivity index (χ0n) is 15.2. The van der Waals surface area contributed by atoms with Gasteiger partial charge in [0.15, 0.2) is 5.82 Å². The molecule has 0 saturated carbocycles. The topological polar surface area (TPSA) is 69.0 Å². The minimum absolute atomic E-state index is 0.108. The molecule has 0 aliphatic carbocycles. The number of carbonyl (C=O) groups excluding carboxylic acids is 1. The molecule has 1 N–H and O–H groups in total. The molecular weight excluding hydrogens is 396 g/mol. The largest absolute Gasteiger partial charge is 0.494 e. The number of anilines is 1. The van der Waals surface area contributed by atoms with Crippen LogP contribution in [-0.2, 0) is 4.79 Å². The van der Waals surface area contributed by atoms with Crippen LogP contribution in [0.5, 0.6) is 5.75 Å². The molecule has 1 unspecified atom stereocenters. The highest BCUT2D eigenvalue weighted by Crippen LogP contribution is 2.28. The molecule has 0 spiro atoms. The number of rotatable bonds is 5. The third-order valence-electron chi connectivity index (χ3n) is 4.16. The quantitative estimate of drug-likeness (QED) is 0.633. The van der Waals surface area contributed by atoms with Crippen LogP contribution in [0, 0.1) is 13.8 Å². The summed E-state index contributed by atoms with van der Waals surface area (Å²) in [5.41, 5.74) is 2.62. The summed E-state index contributed by atoms with van der Waals surface area (Å²) >= 11 is 3.38. The smallest absolute Gasteiger partial charge is 0.239 e. The molecule has 6 nitrogen and oxygen atoms in total. The summed E-state index contributed by atoms with van der Waals surface area (Å²) in [6, 6.07) is 9.62. The SMILES string of the molecule is CCC(Br)C(=O)Nc1cc(C)nn1-c1cc(C)c2cccc(OC)c2n1. The Balaban J connectivity index is 2.11. The number of aromatic nitrogens is 3. The van der Waals surface area contributed by atoms with Gasteiger partial charge in [-0.05, 0) is 38.0 Å². The van der Waals surface area contributed by atoms with Gasteiger partial charge in [0.25, 0.3) is 0 Å². The first-order valence-electron chi connectivity index (χ1n) is 8.41. The first-order chi connectivity index (χ1) is 12.4. The average Bonchev–Trinajstić information content (AvgIpc) is 3.00. The van der Waals surface area contributed by atoms with Gasteiger partial charge in [0.1, 0.15) is 17.1 Å². The molecule has 2 aromatic heterocycles. The lowest BCUT2D eigenvalue weighted by Gasteiger charge is -2.13. The summed E-state index contributed by atoms with van der Waals surface area (Å²) in [7, 11) is 1.63. The second-order valence-electron chi connectivity index (χ2n) is 6.10. The third-order valence-corrected chi connectivity index (χ3v) is 5.22. The van der Waals surface area contributed by atoms with Crippen LogP contribution in [0.1, 0.15) is 24.6 Å². The van der Waals surface area contributed by atoms with Crippen molar-refractivity contribution in [2.45, 2.75) is 32.0 Å². The van der Waals surface area contributed by atoms with Crippen LogP contribution in [0.2, 0.25) is 0 Å². The van der Waals surface area contributed by atoms with Crippen LogP contribution in [0.25, 0.3) is 16.7 Å². The Hall–Kier alpha value is -2.41. The number of para-hydroxylation sites is 1. The van der Waals surface area contributed by atoms with E-state index in [2.05, 4.69) is 26.3 Å². The lowest BCUT2D eigenvalue weighted by Crippen LogP contribution is -2.23. The average molecular weight is 417 g/mol. The maximum Gasteiger partial charge on any atom is 0.239 e. The first-order valence-corrected chi connectivity index (χ1v) is 9.32. The first kappa shape index (κ1) is 18.4. The molecule has 0 fully saturated rings. The summed E-state index contributed by atoms with van der Waals surface area (Å²) < 4.78 is 7.11. The molecule has 0 bridgehead atoms. The fourth-order valence-corrected chi connectivity index (χ4v) is 2.91. The van der Waals surface area contributed by atoms with Crippen molar-refractivity contribution in [1.82, 2.24) is 14.8 Å². The number of ether oxygens (including phenoxy) is 1. The number of carbonyl (C=O) groups is 1. The molecule has 0 aliphatic heterocycles. The fourth-order valence-electron chi connectivity index (χ4n) is 2.80. The van der Waals surface area contributed by atoms with E-state index in [0.717, 1.165) is 22.2 Å². The molecular formula is C19H21BrN4O2. The molecule has 2 heterocycles. The Morgan fingerprint density at radius 3 is 2.81 bits per heavy atom. The lowest BCUT2D eigenvalue weighted by molar-refractivity contribution is -0.115. The molecule has 1 aromatic carbocycles. The number of pyridine rings is 1. The number of nitrogens with zero attached hydrogens (tertiary/aromatic N) is 3. The number of hydrogen-bond donors (Lipinski definition) is 1. The van der Waals surface area contributed by atoms with E-state index in [0.29, 0.717) is 23.8 Å². The van der Waals surface area contributed by atoms with E-state index in [1.165, 1.54) is 0 Å². The van der Waals surface area contributed by atoms with Crippen molar-refractivity contribution in [3.05, 3.63) is 41.6 Å². The molecule has 3 rings (SSSR count). The van der Waals surface area contributed by atoms with Gasteiger partial charge in [-0.25, -0.2) is 4.98 Å². The van der Waals surface area contributed by atoms with Gasteiger partial charge in [-0.15, -0.1) is 0 Å². The highest BCUT2D eigenvalue weighted by atomic mass is 79.9. The lowest BCUT2D eigenvalue weighted by atomic mass is 10.1. The predicted octanol–water partition coefficient (Wildman–Crippen LogP) is 4.16. The van der Waals surface area contributed by atoms with Crippen LogP contribution in [0.4, 0.5) is 5.82 Å². The molecule has 0 radical (unpaired) electrons. The van der Waals surface area contributed by atoms with Crippen LogP contribution in [0.15, 0.2) is 30.3 Å². The number of methoxy groups -OCH3 is 1. The Bertz CT molecular complexity index is 968. The molecule has 0 saturated heterocycles. The Kier molecular flexibility index (Phi) is 5.27. The van der Waals surface area contributed by atoms with E-state index >= 15 is 0 Å². The number of amides is 1. The highest BCUT2D eigenvalue weighted by molar-refractivity contribution is 9.10. The standard InChI is InChI=1S/C19H21BrN4O2/c1-5-14(20)19(25)22-17-10-12(3)23-24(17)16-9-11(2)13-7-6-8-15(26-4)18(13)21-16/h6-10,14H,5H2,1-4H3,(H,22,25). The van der Waals surface area contributed by atoms with Crippen LogP contribution in [0.3, 0.4) is 0 Å². The summed E-state index contributed by atoms with van der Waals surface area (Å²) in [4.78, 5) is 16.8. The molecule has 7 heteroatoms. The van der Waals surface area contributed by atoms with Gasteiger partial charge in [-0.1, -0.05) is 35.0 Å². The maximum absolute atomic E-state index is 12.3. The second kappa shape index (κ2) is 7.45. The minimum Gasteiger partial charge on any atom is -0.494 e. The van der Waals surface area contributed by atoms with Crippen LogP contribution < -0.4 is 10.1 Å². The van der Waals surface area contributed by atoms with E-state index in [-0.39, 0.29) is 10.7 Å². The number of nitrogens with one attached hydrogen (secondary N) is 1. The van der Waals surface area contributed by atoms with Crippen molar-refractivity contribution in [2.75, 3.05) is 12.4 Å². The molecule has 0 aliphatic rings. The summed E-state index contributed by atoms with van der Waals surface area (Å²) in [6.07, 6.45) is 0.698. The van der Waals surface area contributed by atoms with Crippen molar-refractivity contribution < 1.29 is 9.53 Å². The van der Waals surface area contributed by atoms with Gasteiger partial charge in [-0.2, -0.15) is 9.78 Å². The van der Waals surface area contributed by atoms with E-state index in [4.69, 9.17) is 9.72 Å². The molecule has 1 amide bonds. The van der Waals surface area contributed by atoms with Gasteiger partial charge in [0.2, 0.25) is 5.91 Å². The van der Waals surface area contributed by atoms with Crippen molar-refractivity contribution in [2.24, 2.45) is 0 Å². The van der Waals surface area contributed by atoms with Gasteiger partial charge in [0, 0.05) is 11.5 Å². The van der Waals surface area contributed by atoms with Gasteiger partial charge in [-0.3, -0.25) is 4.79 Å². The normalized spacial score (nSPS) is 12.2. The number of aryl methyl sites for hydroxylation is 2. The highest BCUT2D eigenvalue weighted by Gasteiger charge is 2.18. The summed E-state index contributed by atoms with van der Waals surface area (Å²) in [5.74, 6) is 1.81. The fraction of sp³-hybridized carbons (Fsp3) is 0.316. The second-order valence-corrected chi connectivity index (χ2v) is 7.21. The Labute approximate surface area is 160 Å². The summed E-state index contributed by atoms with van der Waals surface area (Å²) in [5, 5.41) is 8.45. The molecule has 1 atom stereocenters. The Morgan fingerprint density at radius 2 is 2.12 bits per heavy atom. The molecule has 26 heavy (non-hydrogen) atoms. The maximum atomic E-state index is 12.3.